The molecule has 0 saturated carbocycles. The van der Waals surface area contributed by atoms with Gasteiger partial charge < -0.3 is 9.80 Å². The van der Waals surface area contributed by atoms with Gasteiger partial charge in [0, 0.05) is 49.0 Å². The molecule has 1 amide bonds. The number of aliphatic imine (C=N–C) groups is 1. The molecule has 0 aromatic heterocycles. The van der Waals surface area contributed by atoms with Crippen LogP contribution in [0.15, 0.2) is 77.8 Å². The van der Waals surface area contributed by atoms with Crippen molar-refractivity contribution in [2.75, 3.05) is 31.1 Å². The van der Waals surface area contributed by atoms with Gasteiger partial charge in [0.05, 0.1) is 11.3 Å². The molecular weight excluding hydrogens is 557 g/mol. The molecule has 1 unspecified atom stereocenters. The molecule has 4 rings (SSSR count). The van der Waals surface area contributed by atoms with Gasteiger partial charge in [0.15, 0.2) is 0 Å². The Bertz CT molecular complexity index is 1520. The Kier molecular flexibility index (Phi) is 11.8. The van der Waals surface area contributed by atoms with E-state index in [4.69, 9.17) is 4.99 Å². The summed E-state index contributed by atoms with van der Waals surface area (Å²) in [6.45, 7) is 22.2. The van der Waals surface area contributed by atoms with Crippen LogP contribution in [0.2, 0.25) is 0 Å². The van der Waals surface area contributed by atoms with Crippen molar-refractivity contribution in [1.29, 1.82) is 0 Å². The Balaban J connectivity index is 1.49. The Labute approximate surface area is 271 Å². The number of aryl methyl sites for hydroxylation is 3. The minimum Gasteiger partial charge on any atom is -0.367 e. The van der Waals surface area contributed by atoms with Crippen LogP contribution in [0.1, 0.15) is 91.6 Å². The highest BCUT2D eigenvalue weighted by atomic mass is 19.1. The van der Waals surface area contributed by atoms with Crippen LogP contribution in [-0.4, -0.2) is 48.7 Å². The van der Waals surface area contributed by atoms with E-state index < -0.39 is 5.82 Å². The first-order valence-corrected chi connectivity index (χ1v) is 16.7. The Hall–Kier alpha value is -3.73. The molecule has 0 radical (unpaired) electrons. The second kappa shape index (κ2) is 15.5. The lowest BCUT2D eigenvalue weighted by atomic mass is 9.93. The molecule has 3 aromatic rings. The average Bonchev–Trinajstić information content (AvgIpc) is 3.00. The van der Waals surface area contributed by atoms with Crippen molar-refractivity contribution in [3.63, 3.8) is 0 Å². The lowest BCUT2D eigenvalue weighted by Gasteiger charge is -2.36. The average molecular weight is 610 g/mol. The summed E-state index contributed by atoms with van der Waals surface area (Å²) in [5.74, 6) is 0.312. The summed E-state index contributed by atoms with van der Waals surface area (Å²) in [6.07, 6.45) is 3.68. The molecule has 1 aliphatic heterocycles. The van der Waals surface area contributed by atoms with Crippen molar-refractivity contribution < 1.29 is 9.18 Å². The number of hydrogen-bond donors (Lipinski definition) is 0. The monoisotopic (exact) mass is 609 g/mol. The third-order valence-electron chi connectivity index (χ3n) is 8.98. The predicted octanol–water partition coefficient (Wildman–Crippen LogP) is 9.35. The Morgan fingerprint density at radius 3 is 2.33 bits per heavy atom. The molecule has 4 nitrogen and oxygen atoms in total. The standard InChI is InChI=1S/C40H52FN3O/c1-9-32(8)42-39(34-15-12-13-28(4)22-34)35-24-37(41)36(23-31(35)7)40(45)43-19-17-33(18-20-43)26-44(25-29(5)21-27(2)3)38-16-11-10-14-30(38)6/h10-16,22-24,27,32-33H,5,9,17-21,25-26H2,1-4,6-8H3. The minimum absolute atomic E-state index is 0.0978. The summed E-state index contributed by atoms with van der Waals surface area (Å²) < 4.78 is 15.8. The SMILES string of the molecule is C=C(CC(C)C)CN(CC1CCN(C(=O)c2cc(C)c(C(=NC(C)CC)c3cccc(C)c3)cc2F)CC1)c1ccccc1C. The number of likely N-dealkylation sites (tertiary alicyclic amines) is 1. The van der Waals surface area contributed by atoms with Gasteiger partial charge in [0.2, 0.25) is 0 Å². The molecule has 0 aliphatic carbocycles. The fourth-order valence-corrected chi connectivity index (χ4v) is 6.38. The van der Waals surface area contributed by atoms with E-state index in [0.29, 0.717) is 24.9 Å². The molecule has 0 spiro atoms. The van der Waals surface area contributed by atoms with Gasteiger partial charge in [-0.3, -0.25) is 9.79 Å². The van der Waals surface area contributed by atoms with E-state index in [1.165, 1.54) is 22.9 Å². The number of carbonyl (C=O) groups is 1. The van der Waals surface area contributed by atoms with Crippen LogP contribution in [0.25, 0.3) is 0 Å². The predicted molar refractivity (Wildman–Crippen MR) is 188 cm³/mol. The molecule has 0 N–H and O–H groups in total. The van der Waals surface area contributed by atoms with Gasteiger partial charge in [-0.15, -0.1) is 0 Å². The van der Waals surface area contributed by atoms with E-state index in [9.17, 15) is 4.79 Å². The summed E-state index contributed by atoms with van der Waals surface area (Å²) in [5, 5.41) is 0. The molecule has 45 heavy (non-hydrogen) atoms. The number of hydrogen-bond acceptors (Lipinski definition) is 3. The third kappa shape index (κ3) is 8.93. The molecule has 1 atom stereocenters. The fraction of sp³-hybridized carbons (Fsp3) is 0.450. The van der Waals surface area contributed by atoms with Crippen LogP contribution in [-0.2, 0) is 0 Å². The van der Waals surface area contributed by atoms with E-state index in [-0.39, 0.29) is 17.5 Å². The Morgan fingerprint density at radius 2 is 1.69 bits per heavy atom. The Morgan fingerprint density at radius 1 is 0.978 bits per heavy atom. The van der Waals surface area contributed by atoms with E-state index >= 15 is 4.39 Å². The van der Waals surface area contributed by atoms with Crippen LogP contribution < -0.4 is 4.90 Å². The van der Waals surface area contributed by atoms with Crippen LogP contribution in [0, 0.1) is 38.4 Å². The van der Waals surface area contributed by atoms with Crippen molar-refractivity contribution in [2.45, 2.75) is 80.2 Å². The maximum atomic E-state index is 15.8. The zero-order valence-electron chi connectivity index (χ0n) is 28.5. The lowest BCUT2D eigenvalue weighted by molar-refractivity contribution is 0.0688. The number of halogens is 1. The van der Waals surface area contributed by atoms with E-state index in [1.807, 2.05) is 36.9 Å². The van der Waals surface area contributed by atoms with Crippen molar-refractivity contribution in [3.8, 4) is 0 Å². The van der Waals surface area contributed by atoms with E-state index in [2.05, 4.69) is 76.4 Å². The highest BCUT2D eigenvalue weighted by Gasteiger charge is 2.28. The number of rotatable bonds is 12. The fourth-order valence-electron chi connectivity index (χ4n) is 6.38. The second-order valence-corrected chi connectivity index (χ2v) is 13.5. The normalized spacial score (nSPS) is 15.0. The maximum absolute atomic E-state index is 15.8. The van der Waals surface area contributed by atoms with Gasteiger partial charge in [-0.2, -0.15) is 0 Å². The van der Waals surface area contributed by atoms with Crippen LogP contribution in [0.3, 0.4) is 0 Å². The molecule has 5 heteroatoms. The summed E-state index contributed by atoms with van der Waals surface area (Å²) in [5.41, 5.74) is 8.36. The van der Waals surface area contributed by atoms with Gasteiger partial charge in [-0.1, -0.05) is 74.9 Å². The summed E-state index contributed by atoms with van der Waals surface area (Å²) in [6, 6.07) is 20.0. The van der Waals surface area contributed by atoms with Crippen LogP contribution >= 0.6 is 0 Å². The molecule has 240 valence electrons. The first kappa shape index (κ1) is 34.1. The van der Waals surface area contributed by atoms with Gasteiger partial charge in [0.25, 0.3) is 5.91 Å². The van der Waals surface area contributed by atoms with Crippen molar-refractivity contribution in [3.05, 3.63) is 112 Å². The van der Waals surface area contributed by atoms with Crippen molar-refractivity contribution in [2.24, 2.45) is 16.8 Å². The number of carbonyl (C=O) groups excluding carboxylic acids is 1. The summed E-state index contributed by atoms with van der Waals surface area (Å²) in [4.78, 5) is 22.9. The third-order valence-corrected chi connectivity index (χ3v) is 8.98. The number of benzene rings is 3. The van der Waals surface area contributed by atoms with E-state index in [0.717, 1.165) is 66.7 Å². The van der Waals surface area contributed by atoms with Gasteiger partial charge in [-0.25, -0.2) is 4.39 Å². The maximum Gasteiger partial charge on any atom is 0.256 e. The topological polar surface area (TPSA) is 35.9 Å². The molecule has 1 aliphatic rings. The zero-order valence-corrected chi connectivity index (χ0v) is 28.5. The van der Waals surface area contributed by atoms with Gasteiger partial charge in [-0.05, 0) is 101 Å². The molecule has 1 fully saturated rings. The van der Waals surface area contributed by atoms with Crippen LogP contribution in [0.4, 0.5) is 10.1 Å². The van der Waals surface area contributed by atoms with Crippen molar-refractivity contribution >= 4 is 17.3 Å². The zero-order chi connectivity index (χ0) is 32.7. The number of nitrogens with zero attached hydrogens (tertiary/aromatic N) is 3. The number of amides is 1. The van der Waals surface area contributed by atoms with Gasteiger partial charge >= 0.3 is 0 Å². The quantitative estimate of drug-likeness (QED) is 0.152. The van der Waals surface area contributed by atoms with Crippen molar-refractivity contribution in [1.82, 2.24) is 4.90 Å². The lowest BCUT2D eigenvalue weighted by Crippen LogP contribution is -2.42. The number of anilines is 1. The molecule has 3 aromatic carbocycles. The molecule has 0 bridgehead atoms. The summed E-state index contributed by atoms with van der Waals surface area (Å²) in [7, 11) is 0. The molecular formula is C40H52FN3O. The molecule has 1 saturated heterocycles. The van der Waals surface area contributed by atoms with Crippen LogP contribution in [0.5, 0.6) is 0 Å². The first-order chi connectivity index (χ1) is 21.5. The van der Waals surface area contributed by atoms with Gasteiger partial charge in [0.1, 0.15) is 5.82 Å². The van der Waals surface area contributed by atoms with E-state index in [1.54, 1.807) is 6.07 Å². The summed E-state index contributed by atoms with van der Waals surface area (Å²) >= 11 is 0. The second-order valence-electron chi connectivity index (χ2n) is 13.5. The highest BCUT2D eigenvalue weighted by molar-refractivity contribution is 6.14. The first-order valence-electron chi connectivity index (χ1n) is 16.7. The smallest absolute Gasteiger partial charge is 0.256 e. The number of para-hydroxylation sites is 1. The largest absolute Gasteiger partial charge is 0.367 e. The molecule has 1 heterocycles. The number of piperidine rings is 1. The minimum atomic E-state index is -0.485. The highest BCUT2D eigenvalue weighted by Crippen LogP contribution is 2.28.